The van der Waals surface area contributed by atoms with Crippen LogP contribution in [0, 0.1) is 5.92 Å². The summed E-state index contributed by atoms with van der Waals surface area (Å²) in [4.78, 5) is 0. The van der Waals surface area contributed by atoms with E-state index in [-0.39, 0.29) is 12.5 Å². The predicted octanol–water partition coefficient (Wildman–Crippen LogP) is -0.575. The Labute approximate surface area is 113 Å². The third-order valence-corrected chi connectivity index (χ3v) is 4.88. The number of aryl methyl sites for hydroxylation is 1. The molecule has 1 atom stereocenters. The van der Waals surface area contributed by atoms with Crippen molar-refractivity contribution in [1.29, 1.82) is 0 Å². The number of nitrogens with one attached hydrogen (secondary N) is 1. The number of nitrogens with zero attached hydrogens (tertiary/aromatic N) is 3. The highest BCUT2D eigenvalue weighted by atomic mass is 32.2. The molecule has 2 heterocycles. The van der Waals surface area contributed by atoms with Gasteiger partial charge in [-0.15, -0.1) is 0 Å². The summed E-state index contributed by atoms with van der Waals surface area (Å²) in [6, 6.07) is 1.79. The van der Waals surface area contributed by atoms with Crippen molar-refractivity contribution in [2.24, 2.45) is 18.7 Å². The lowest BCUT2D eigenvalue weighted by Crippen LogP contribution is -2.47. The van der Waals surface area contributed by atoms with Gasteiger partial charge in [0.1, 0.15) is 0 Å². The molecule has 1 unspecified atom stereocenters. The van der Waals surface area contributed by atoms with Crippen molar-refractivity contribution in [3.8, 4) is 0 Å². The minimum Gasteiger partial charge on any atom is -0.330 e. The molecule has 0 bridgehead atoms. The van der Waals surface area contributed by atoms with Crippen LogP contribution in [0.3, 0.4) is 0 Å². The van der Waals surface area contributed by atoms with E-state index in [1.165, 1.54) is 4.31 Å². The van der Waals surface area contributed by atoms with Crippen LogP contribution in [0.4, 0.5) is 0 Å². The molecule has 108 valence electrons. The van der Waals surface area contributed by atoms with Crippen LogP contribution in [-0.4, -0.2) is 42.1 Å². The molecule has 1 aliphatic rings. The van der Waals surface area contributed by atoms with Gasteiger partial charge in [-0.25, -0.2) is 0 Å². The molecule has 8 heteroatoms. The van der Waals surface area contributed by atoms with Gasteiger partial charge in [-0.05, 0) is 31.4 Å². The number of nitrogens with two attached hydrogens (primary N) is 1. The quantitative estimate of drug-likeness (QED) is 0.758. The lowest BCUT2D eigenvalue weighted by atomic mass is 10.0. The summed E-state index contributed by atoms with van der Waals surface area (Å²) < 4.78 is 30.0. The van der Waals surface area contributed by atoms with E-state index in [4.69, 9.17) is 5.73 Å². The van der Waals surface area contributed by atoms with Crippen LogP contribution in [0.25, 0.3) is 0 Å². The first-order valence-corrected chi connectivity index (χ1v) is 7.88. The molecule has 2 rings (SSSR count). The first-order chi connectivity index (χ1) is 9.01. The van der Waals surface area contributed by atoms with Gasteiger partial charge in [-0.2, -0.15) is 22.5 Å². The number of aromatic nitrogens is 2. The molecule has 1 aromatic heterocycles. The van der Waals surface area contributed by atoms with Crippen LogP contribution in [-0.2, 0) is 23.8 Å². The lowest BCUT2D eigenvalue weighted by molar-refractivity contribution is 0.268. The van der Waals surface area contributed by atoms with Gasteiger partial charge < -0.3 is 5.73 Å². The predicted molar refractivity (Wildman–Crippen MR) is 72.3 cm³/mol. The number of piperidine rings is 1. The highest BCUT2D eigenvalue weighted by Gasteiger charge is 2.27. The summed E-state index contributed by atoms with van der Waals surface area (Å²) in [5.74, 6) is 0.264. The van der Waals surface area contributed by atoms with Gasteiger partial charge >= 0.3 is 0 Å². The minimum atomic E-state index is -3.44. The summed E-state index contributed by atoms with van der Waals surface area (Å²) in [7, 11) is -1.64. The molecule has 3 N–H and O–H groups in total. The van der Waals surface area contributed by atoms with Crippen molar-refractivity contribution in [3.63, 3.8) is 0 Å². The molecule has 0 radical (unpaired) electrons. The topological polar surface area (TPSA) is 93.2 Å². The van der Waals surface area contributed by atoms with E-state index >= 15 is 0 Å². The van der Waals surface area contributed by atoms with E-state index in [2.05, 4.69) is 9.82 Å². The standard InChI is InChI=1S/C11H21N5O2S/c1-15-6-4-11(14-15)8-13-19(17,18)16-5-2-3-10(7-12)9-16/h4,6,10,13H,2-3,5,7-9,12H2,1H3. The molecular weight excluding hydrogens is 266 g/mol. The lowest BCUT2D eigenvalue weighted by Gasteiger charge is -2.31. The van der Waals surface area contributed by atoms with Crippen molar-refractivity contribution < 1.29 is 8.42 Å². The Hall–Kier alpha value is -0.960. The maximum Gasteiger partial charge on any atom is 0.279 e. The number of hydrogen-bond acceptors (Lipinski definition) is 4. The second-order valence-electron chi connectivity index (χ2n) is 4.91. The Balaban J connectivity index is 1.94. The molecule has 0 saturated carbocycles. The van der Waals surface area contributed by atoms with Gasteiger partial charge in [0.05, 0.1) is 12.2 Å². The van der Waals surface area contributed by atoms with Crippen molar-refractivity contribution in [2.75, 3.05) is 19.6 Å². The fourth-order valence-corrected chi connectivity index (χ4v) is 3.54. The Kier molecular flexibility index (Phi) is 4.56. The van der Waals surface area contributed by atoms with Crippen molar-refractivity contribution in [3.05, 3.63) is 18.0 Å². The first-order valence-electron chi connectivity index (χ1n) is 6.44. The van der Waals surface area contributed by atoms with Gasteiger partial charge in [0.15, 0.2) is 0 Å². The van der Waals surface area contributed by atoms with Crippen LogP contribution >= 0.6 is 0 Å². The van der Waals surface area contributed by atoms with Crippen molar-refractivity contribution >= 4 is 10.2 Å². The Morgan fingerprint density at radius 1 is 1.58 bits per heavy atom. The molecular formula is C11H21N5O2S. The van der Waals surface area contributed by atoms with Gasteiger partial charge in [0, 0.05) is 26.3 Å². The normalized spacial score (nSPS) is 21.7. The zero-order chi connectivity index (χ0) is 13.9. The molecule has 0 spiro atoms. The minimum absolute atomic E-state index is 0.215. The fraction of sp³-hybridized carbons (Fsp3) is 0.727. The monoisotopic (exact) mass is 287 g/mol. The van der Waals surface area contributed by atoms with Gasteiger partial charge in [0.2, 0.25) is 0 Å². The van der Waals surface area contributed by atoms with Gasteiger partial charge in [-0.3, -0.25) is 4.68 Å². The van der Waals surface area contributed by atoms with Gasteiger partial charge in [0.25, 0.3) is 10.2 Å². The van der Waals surface area contributed by atoms with Crippen LogP contribution in [0.15, 0.2) is 12.3 Å². The zero-order valence-corrected chi connectivity index (χ0v) is 11.9. The molecule has 1 saturated heterocycles. The molecule has 0 amide bonds. The summed E-state index contributed by atoms with van der Waals surface area (Å²) >= 11 is 0. The average molecular weight is 287 g/mol. The molecule has 1 aromatic rings. The summed E-state index contributed by atoms with van der Waals surface area (Å²) in [6.07, 6.45) is 3.66. The van der Waals surface area contributed by atoms with E-state index in [0.717, 1.165) is 12.8 Å². The Morgan fingerprint density at radius 2 is 2.37 bits per heavy atom. The Morgan fingerprint density at radius 3 is 3.00 bits per heavy atom. The van der Waals surface area contributed by atoms with Crippen LogP contribution in [0.2, 0.25) is 0 Å². The third-order valence-electron chi connectivity index (χ3n) is 3.36. The van der Waals surface area contributed by atoms with Crippen LogP contribution in [0.1, 0.15) is 18.5 Å². The Bertz CT molecular complexity index is 513. The summed E-state index contributed by atoms with van der Waals surface area (Å²) in [5.41, 5.74) is 6.33. The number of rotatable bonds is 5. The maximum atomic E-state index is 12.2. The van der Waals surface area contributed by atoms with Gasteiger partial charge in [-0.1, -0.05) is 0 Å². The van der Waals surface area contributed by atoms with E-state index in [1.54, 1.807) is 24.0 Å². The molecule has 1 aliphatic heterocycles. The third kappa shape index (κ3) is 3.75. The largest absolute Gasteiger partial charge is 0.330 e. The second-order valence-corrected chi connectivity index (χ2v) is 6.66. The maximum absolute atomic E-state index is 12.2. The summed E-state index contributed by atoms with van der Waals surface area (Å²) in [5, 5.41) is 4.14. The van der Waals surface area contributed by atoms with Crippen LogP contribution < -0.4 is 10.5 Å². The smallest absolute Gasteiger partial charge is 0.279 e. The highest BCUT2D eigenvalue weighted by Crippen LogP contribution is 2.17. The molecule has 0 aromatic carbocycles. The molecule has 1 fully saturated rings. The number of hydrogen-bond donors (Lipinski definition) is 2. The van der Waals surface area contributed by atoms with Crippen molar-refractivity contribution in [2.45, 2.75) is 19.4 Å². The molecule has 7 nitrogen and oxygen atoms in total. The van der Waals surface area contributed by atoms with E-state index < -0.39 is 10.2 Å². The molecule has 0 aliphatic carbocycles. The summed E-state index contributed by atoms with van der Waals surface area (Å²) in [6.45, 7) is 1.82. The highest BCUT2D eigenvalue weighted by molar-refractivity contribution is 7.87. The van der Waals surface area contributed by atoms with E-state index in [1.807, 2.05) is 0 Å². The molecule has 19 heavy (non-hydrogen) atoms. The second kappa shape index (κ2) is 6.00. The first kappa shape index (κ1) is 14.4. The average Bonchev–Trinajstić information content (AvgIpc) is 2.82. The van der Waals surface area contributed by atoms with Crippen molar-refractivity contribution in [1.82, 2.24) is 18.8 Å². The fourth-order valence-electron chi connectivity index (χ4n) is 2.25. The van der Waals surface area contributed by atoms with Crippen LogP contribution in [0.5, 0.6) is 0 Å². The van der Waals surface area contributed by atoms with E-state index in [9.17, 15) is 8.42 Å². The zero-order valence-electron chi connectivity index (χ0n) is 11.1. The van der Waals surface area contributed by atoms with E-state index in [0.29, 0.717) is 25.3 Å². The SMILES string of the molecule is Cn1ccc(CNS(=O)(=O)N2CCCC(CN)C2)n1.